The second-order valence-electron chi connectivity index (χ2n) is 6.77. The van der Waals surface area contributed by atoms with Gasteiger partial charge in [0.05, 0.1) is 13.0 Å². The van der Waals surface area contributed by atoms with Crippen molar-refractivity contribution in [2.45, 2.75) is 6.42 Å². The predicted molar refractivity (Wildman–Crippen MR) is 108 cm³/mol. The van der Waals surface area contributed by atoms with Gasteiger partial charge in [0.2, 0.25) is 11.8 Å². The number of aromatic hydroxyl groups is 1. The van der Waals surface area contributed by atoms with Crippen LogP contribution in [0.4, 0.5) is 11.4 Å². The Balaban J connectivity index is 1.52. The molecule has 1 unspecified atom stereocenters. The zero-order valence-electron chi connectivity index (χ0n) is 15.4. The van der Waals surface area contributed by atoms with Crippen LogP contribution in [0.15, 0.2) is 60.7 Å². The summed E-state index contributed by atoms with van der Waals surface area (Å²) in [5, 5.41) is 14.3. The minimum absolute atomic E-state index is 0.0825. The third-order valence-corrected chi connectivity index (χ3v) is 5.04. The summed E-state index contributed by atoms with van der Waals surface area (Å²) < 4.78 is 5.14. The Kier molecular flexibility index (Phi) is 4.61. The molecule has 4 rings (SSSR count). The monoisotopic (exact) mass is 376 g/mol. The molecule has 1 saturated heterocycles. The van der Waals surface area contributed by atoms with Gasteiger partial charge >= 0.3 is 0 Å². The molecule has 0 radical (unpaired) electrons. The van der Waals surface area contributed by atoms with E-state index in [0.29, 0.717) is 23.4 Å². The number of methoxy groups -OCH3 is 1. The maximum Gasteiger partial charge on any atom is 0.229 e. The second kappa shape index (κ2) is 7.23. The molecule has 0 aliphatic carbocycles. The van der Waals surface area contributed by atoms with Crippen LogP contribution in [-0.2, 0) is 9.59 Å². The topological polar surface area (TPSA) is 78.9 Å². The summed E-state index contributed by atoms with van der Waals surface area (Å²) in [4.78, 5) is 26.9. The number of nitrogens with one attached hydrogen (secondary N) is 1. The van der Waals surface area contributed by atoms with Crippen LogP contribution >= 0.6 is 0 Å². The van der Waals surface area contributed by atoms with Crippen LogP contribution in [0.25, 0.3) is 10.8 Å². The lowest BCUT2D eigenvalue weighted by Crippen LogP contribution is -2.28. The van der Waals surface area contributed by atoms with Gasteiger partial charge in [-0.2, -0.15) is 0 Å². The van der Waals surface area contributed by atoms with Crippen LogP contribution in [0.1, 0.15) is 6.42 Å². The molecule has 6 nitrogen and oxygen atoms in total. The molecule has 1 aliphatic heterocycles. The van der Waals surface area contributed by atoms with E-state index in [-0.39, 0.29) is 24.0 Å². The molecule has 3 aromatic rings. The number of hydrogen-bond donors (Lipinski definition) is 2. The first kappa shape index (κ1) is 17.9. The Morgan fingerprint density at radius 1 is 1.07 bits per heavy atom. The van der Waals surface area contributed by atoms with Gasteiger partial charge in [0.25, 0.3) is 0 Å². The fourth-order valence-electron chi connectivity index (χ4n) is 3.53. The maximum atomic E-state index is 12.8. The lowest BCUT2D eigenvalue weighted by atomic mass is 10.1. The standard InChI is InChI=1S/C22H20N2O4/c1-28-16-10-8-15(9-11-16)24-13-14(12-21(24)26)22(27)23-19-6-2-5-18-17(19)4-3-7-20(18)25/h2-11,14,25H,12-13H2,1H3,(H,23,27). The minimum Gasteiger partial charge on any atom is -0.507 e. The van der Waals surface area contributed by atoms with Crippen LogP contribution in [0.3, 0.4) is 0 Å². The first-order chi connectivity index (χ1) is 13.6. The summed E-state index contributed by atoms with van der Waals surface area (Å²) in [6.45, 7) is 0.326. The fourth-order valence-corrected chi connectivity index (χ4v) is 3.53. The highest BCUT2D eigenvalue weighted by molar-refractivity contribution is 6.07. The van der Waals surface area contributed by atoms with E-state index in [9.17, 15) is 14.7 Å². The zero-order valence-corrected chi connectivity index (χ0v) is 15.4. The quantitative estimate of drug-likeness (QED) is 0.730. The Labute approximate surface area is 162 Å². The van der Waals surface area contributed by atoms with E-state index >= 15 is 0 Å². The Hall–Kier alpha value is -3.54. The molecule has 28 heavy (non-hydrogen) atoms. The van der Waals surface area contributed by atoms with E-state index in [2.05, 4.69) is 5.32 Å². The molecule has 2 N–H and O–H groups in total. The summed E-state index contributed by atoms with van der Waals surface area (Å²) in [6, 6.07) is 17.7. The van der Waals surface area contributed by atoms with Crippen molar-refractivity contribution in [3.63, 3.8) is 0 Å². The summed E-state index contributed by atoms with van der Waals surface area (Å²) in [5.74, 6) is 0.141. The largest absolute Gasteiger partial charge is 0.507 e. The van der Waals surface area contributed by atoms with Gasteiger partial charge < -0.3 is 20.1 Å². The molecule has 3 aromatic carbocycles. The summed E-state index contributed by atoms with van der Waals surface area (Å²) >= 11 is 0. The zero-order chi connectivity index (χ0) is 19.7. The van der Waals surface area contributed by atoms with Crippen molar-refractivity contribution in [1.29, 1.82) is 0 Å². The molecule has 142 valence electrons. The maximum absolute atomic E-state index is 12.8. The molecule has 6 heteroatoms. The number of nitrogens with zero attached hydrogens (tertiary/aromatic N) is 1. The second-order valence-corrected chi connectivity index (χ2v) is 6.77. The molecule has 0 spiro atoms. The van der Waals surface area contributed by atoms with Gasteiger partial charge in [0, 0.05) is 35.1 Å². The number of ether oxygens (including phenoxy) is 1. The average Bonchev–Trinajstić information content (AvgIpc) is 3.11. The number of phenols is 1. The predicted octanol–water partition coefficient (Wildman–Crippen LogP) is 3.55. The number of phenolic OH excluding ortho intramolecular Hbond substituents is 1. The lowest BCUT2D eigenvalue weighted by Gasteiger charge is -2.17. The molecule has 2 amide bonds. The van der Waals surface area contributed by atoms with Crippen molar-refractivity contribution in [2.75, 3.05) is 23.9 Å². The number of carbonyl (C=O) groups excluding carboxylic acids is 2. The van der Waals surface area contributed by atoms with Crippen LogP contribution in [0.2, 0.25) is 0 Å². The van der Waals surface area contributed by atoms with Crippen LogP contribution in [0, 0.1) is 5.92 Å². The van der Waals surface area contributed by atoms with E-state index in [1.54, 1.807) is 54.5 Å². The number of anilines is 2. The lowest BCUT2D eigenvalue weighted by molar-refractivity contribution is -0.122. The minimum atomic E-state index is -0.442. The number of carbonyl (C=O) groups is 2. The van der Waals surface area contributed by atoms with Crippen molar-refractivity contribution in [1.82, 2.24) is 0 Å². The van der Waals surface area contributed by atoms with Gasteiger partial charge in [-0.1, -0.05) is 24.3 Å². The van der Waals surface area contributed by atoms with Gasteiger partial charge in [-0.25, -0.2) is 0 Å². The Morgan fingerprint density at radius 3 is 2.54 bits per heavy atom. The number of fused-ring (bicyclic) bond motifs is 1. The van der Waals surface area contributed by atoms with Crippen molar-refractivity contribution in [3.05, 3.63) is 60.7 Å². The normalized spacial score (nSPS) is 16.4. The smallest absolute Gasteiger partial charge is 0.229 e. The summed E-state index contributed by atoms with van der Waals surface area (Å²) in [6.07, 6.45) is 0.161. The van der Waals surface area contributed by atoms with Crippen LogP contribution in [-0.4, -0.2) is 30.6 Å². The van der Waals surface area contributed by atoms with Gasteiger partial charge in [-0.15, -0.1) is 0 Å². The van der Waals surface area contributed by atoms with Crippen molar-refractivity contribution < 1.29 is 19.4 Å². The third kappa shape index (κ3) is 3.24. The van der Waals surface area contributed by atoms with E-state index in [0.717, 1.165) is 11.1 Å². The highest BCUT2D eigenvalue weighted by Gasteiger charge is 2.35. The molecule has 0 bridgehead atoms. The van der Waals surface area contributed by atoms with Gasteiger partial charge in [0.1, 0.15) is 11.5 Å². The van der Waals surface area contributed by atoms with Crippen molar-refractivity contribution >= 4 is 34.0 Å². The first-order valence-corrected chi connectivity index (χ1v) is 9.03. The number of rotatable bonds is 4. The number of benzene rings is 3. The SMILES string of the molecule is COc1ccc(N2CC(C(=O)Nc3cccc4c(O)cccc34)CC2=O)cc1. The van der Waals surface area contributed by atoms with Crippen molar-refractivity contribution in [2.24, 2.45) is 5.92 Å². The van der Waals surface area contributed by atoms with Gasteiger partial charge in [-0.05, 0) is 36.4 Å². The molecule has 0 aromatic heterocycles. The summed E-state index contributed by atoms with van der Waals surface area (Å²) in [7, 11) is 1.59. The number of hydrogen-bond acceptors (Lipinski definition) is 4. The highest BCUT2D eigenvalue weighted by Crippen LogP contribution is 2.31. The van der Waals surface area contributed by atoms with Crippen LogP contribution < -0.4 is 15.0 Å². The number of amides is 2. The van der Waals surface area contributed by atoms with Crippen molar-refractivity contribution in [3.8, 4) is 11.5 Å². The van der Waals surface area contributed by atoms with E-state index in [1.807, 2.05) is 18.2 Å². The van der Waals surface area contributed by atoms with Gasteiger partial charge in [0.15, 0.2) is 0 Å². The van der Waals surface area contributed by atoms with Crippen LogP contribution in [0.5, 0.6) is 11.5 Å². The first-order valence-electron chi connectivity index (χ1n) is 9.03. The van der Waals surface area contributed by atoms with E-state index in [1.165, 1.54) is 0 Å². The molecular weight excluding hydrogens is 356 g/mol. The average molecular weight is 376 g/mol. The fraction of sp³-hybridized carbons (Fsp3) is 0.182. The highest BCUT2D eigenvalue weighted by atomic mass is 16.5. The molecular formula is C22H20N2O4. The Morgan fingerprint density at radius 2 is 1.79 bits per heavy atom. The van der Waals surface area contributed by atoms with Gasteiger partial charge in [-0.3, -0.25) is 9.59 Å². The third-order valence-electron chi connectivity index (χ3n) is 5.04. The Bertz CT molecular complexity index is 1050. The van der Waals surface area contributed by atoms with E-state index in [4.69, 9.17) is 4.74 Å². The molecule has 0 saturated carbocycles. The molecule has 1 aliphatic rings. The molecule has 1 heterocycles. The molecule has 1 fully saturated rings. The van der Waals surface area contributed by atoms with E-state index < -0.39 is 5.92 Å². The summed E-state index contributed by atoms with van der Waals surface area (Å²) in [5.41, 5.74) is 1.37. The molecule has 1 atom stereocenters.